The smallest absolute Gasteiger partial charge is 0.408 e. The van der Waals surface area contributed by atoms with Gasteiger partial charge in [-0.2, -0.15) is 0 Å². The van der Waals surface area contributed by atoms with Crippen molar-refractivity contribution in [2.24, 2.45) is 0 Å². The molecule has 2 aromatic rings. The number of hydrogen-bond acceptors (Lipinski definition) is 6. The Morgan fingerprint density at radius 3 is 2.00 bits per heavy atom. The topological polar surface area (TPSA) is 95.1 Å². The molecule has 0 radical (unpaired) electrons. The Labute approximate surface area is 233 Å². The van der Waals surface area contributed by atoms with Crippen molar-refractivity contribution in [3.8, 4) is 17.2 Å². The van der Waals surface area contributed by atoms with Crippen molar-refractivity contribution in [3.63, 3.8) is 0 Å². The Hall–Kier alpha value is -3.42. The van der Waals surface area contributed by atoms with Gasteiger partial charge >= 0.3 is 6.09 Å². The summed E-state index contributed by atoms with van der Waals surface area (Å²) in [5.74, 6) is 2.29. The van der Waals surface area contributed by atoms with E-state index in [0.717, 1.165) is 57.9 Å². The molecule has 39 heavy (non-hydrogen) atoms. The maximum absolute atomic E-state index is 12.7. The van der Waals surface area contributed by atoms with E-state index in [1.54, 1.807) is 35.0 Å². The summed E-state index contributed by atoms with van der Waals surface area (Å²) in [5, 5.41) is 5.57. The number of nitrogens with one attached hydrogen (secondary N) is 2. The van der Waals surface area contributed by atoms with E-state index in [-0.39, 0.29) is 11.9 Å². The summed E-state index contributed by atoms with van der Waals surface area (Å²) in [5.41, 5.74) is 4.66. The third-order valence-electron chi connectivity index (χ3n) is 6.36. The van der Waals surface area contributed by atoms with E-state index < -0.39 is 17.7 Å². The van der Waals surface area contributed by atoms with Gasteiger partial charge in [0.2, 0.25) is 5.91 Å². The van der Waals surface area contributed by atoms with Crippen molar-refractivity contribution in [1.82, 2.24) is 10.6 Å². The Balaban J connectivity index is 2.01. The van der Waals surface area contributed by atoms with E-state index in [9.17, 15) is 9.59 Å². The van der Waals surface area contributed by atoms with Crippen molar-refractivity contribution in [1.29, 1.82) is 0 Å². The predicted octanol–water partition coefficient (Wildman–Crippen LogP) is 5.60. The molecule has 0 spiro atoms. The normalized spacial score (nSPS) is 12.1. The summed E-state index contributed by atoms with van der Waals surface area (Å²) < 4.78 is 22.7. The molecule has 2 aromatic carbocycles. The zero-order valence-corrected chi connectivity index (χ0v) is 25.2. The van der Waals surface area contributed by atoms with Crippen LogP contribution in [-0.2, 0) is 22.4 Å². The third-order valence-corrected chi connectivity index (χ3v) is 6.36. The fraction of sp³-hybridized carbons (Fsp3) is 0.548. The van der Waals surface area contributed by atoms with Gasteiger partial charge in [-0.3, -0.25) is 4.79 Å². The third kappa shape index (κ3) is 9.37. The number of benzene rings is 2. The Kier molecular flexibility index (Phi) is 11.5. The average Bonchev–Trinajstić information content (AvgIpc) is 2.84. The van der Waals surface area contributed by atoms with Gasteiger partial charge < -0.3 is 29.6 Å². The highest BCUT2D eigenvalue weighted by molar-refractivity contribution is 5.86. The summed E-state index contributed by atoms with van der Waals surface area (Å²) in [6.07, 6.45) is 1.31. The van der Waals surface area contributed by atoms with E-state index >= 15 is 0 Å². The average molecular weight is 543 g/mol. The lowest BCUT2D eigenvalue weighted by Crippen LogP contribution is -2.50. The van der Waals surface area contributed by atoms with Crippen LogP contribution in [0, 0.1) is 20.8 Å². The molecule has 0 aliphatic rings. The molecule has 0 heterocycles. The molecule has 8 nitrogen and oxygen atoms in total. The molecule has 0 fully saturated rings. The van der Waals surface area contributed by atoms with Crippen LogP contribution in [0.1, 0.15) is 68.9 Å². The van der Waals surface area contributed by atoms with Crippen LogP contribution in [-0.4, -0.2) is 50.5 Å². The zero-order chi connectivity index (χ0) is 29.3. The number of ether oxygens (including phenoxy) is 4. The van der Waals surface area contributed by atoms with Gasteiger partial charge in [0.25, 0.3) is 0 Å². The number of amides is 2. The molecular weight excluding hydrogens is 496 g/mol. The second-order valence-electron chi connectivity index (χ2n) is 11.1. The number of rotatable bonds is 12. The minimum absolute atomic E-state index is 0.0510. The molecule has 2 N–H and O–H groups in total. The van der Waals surface area contributed by atoms with Crippen LogP contribution in [0.2, 0.25) is 0 Å². The highest BCUT2D eigenvalue weighted by atomic mass is 16.6. The summed E-state index contributed by atoms with van der Waals surface area (Å²) in [6, 6.07) is 6.76. The van der Waals surface area contributed by atoms with Crippen LogP contribution in [0.3, 0.4) is 0 Å². The zero-order valence-electron chi connectivity index (χ0n) is 25.2. The molecule has 216 valence electrons. The molecule has 2 rings (SSSR count). The van der Waals surface area contributed by atoms with Crippen LogP contribution in [0.4, 0.5) is 4.79 Å². The molecular formula is C31H46N2O6. The van der Waals surface area contributed by atoms with Gasteiger partial charge in [-0.05, 0) is 103 Å². The first kappa shape index (κ1) is 31.8. The van der Waals surface area contributed by atoms with Gasteiger partial charge in [-0.15, -0.1) is 0 Å². The highest BCUT2D eigenvalue weighted by Crippen LogP contribution is 2.38. The molecule has 0 saturated carbocycles. The highest BCUT2D eigenvalue weighted by Gasteiger charge is 2.25. The van der Waals surface area contributed by atoms with Gasteiger partial charge in [-0.25, -0.2) is 4.79 Å². The monoisotopic (exact) mass is 542 g/mol. The van der Waals surface area contributed by atoms with E-state index in [1.165, 1.54) is 0 Å². The van der Waals surface area contributed by atoms with Gasteiger partial charge in [0.05, 0.1) is 20.8 Å². The minimum Gasteiger partial charge on any atom is -0.496 e. The number of alkyl carbamates (subject to hydrolysis) is 1. The van der Waals surface area contributed by atoms with Crippen LogP contribution < -0.4 is 24.8 Å². The Morgan fingerprint density at radius 2 is 1.46 bits per heavy atom. The molecule has 0 aliphatic carbocycles. The number of methoxy groups -OCH3 is 2. The minimum atomic E-state index is -0.762. The molecule has 1 unspecified atom stereocenters. The quantitative estimate of drug-likeness (QED) is 0.339. The summed E-state index contributed by atoms with van der Waals surface area (Å²) in [6.45, 7) is 15.8. The molecule has 0 bridgehead atoms. The van der Waals surface area contributed by atoms with Gasteiger partial charge in [-0.1, -0.05) is 12.1 Å². The lowest BCUT2D eigenvalue weighted by Gasteiger charge is -2.24. The van der Waals surface area contributed by atoms with E-state index in [0.29, 0.717) is 13.0 Å². The molecule has 0 saturated heterocycles. The summed E-state index contributed by atoms with van der Waals surface area (Å²) in [7, 11) is 3.40. The van der Waals surface area contributed by atoms with Gasteiger partial charge in [0.1, 0.15) is 28.9 Å². The van der Waals surface area contributed by atoms with Crippen LogP contribution in [0.5, 0.6) is 17.2 Å². The van der Waals surface area contributed by atoms with Crippen molar-refractivity contribution in [2.75, 3.05) is 20.8 Å². The SMILES string of the molecule is COc1c(C)c(C)c(OC)c(CCCOc2ccc(CC(NC(=O)OC(C)(C)C)C(=O)NC(C)C)cc2)c1C. The number of hydrogen-bond donors (Lipinski definition) is 2. The van der Waals surface area contributed by atoms with Gasteiger partial charge in [0.15, 0.2) is 0 Å². The van der Waals surface area contributed by atoms with Gasteiger partial charge in [0, 0.05) is 18.0 Å². The first-order valence-corrected chi connectivity index (χ1v) is 13.5. The van der Waals surface area contributed by atoms with E-state index in [1.807, 2.05) is 45.0 Å². The van der Waals surface area contributed by atoms with E-state index in [4.69, 9.17) is 18.9 Å². The Morgan fingerprint density at radius 1 is 0.872 bits per heavy atom. The largest absolute Gasteiger partial charge is 0.496 e. The molecule has 1 atom stereocenters. The Bertz CT molecular complexity index is 1120. The number of carbonyl (C=O) groups is 2. The first-order chi connectivity index (χ1) is 18.3. The summed E-state index contributed by atoms with van der Waals surface area (Å²) in [4.78, 5) is 25.1. The fourth-order valence-corrected chi connectivity index (χ4v) is 4.48. The van der Waals surface area contributed by atoms with E-state index in [2.05, 4.69) is 24.5 Å². The lowest BCUT2D eigenvalue weighted by atomic mass is 9.94. The second kappa shape index (κ2) is 14.1. The molecule has 2 amide bonds. The lowest BCUT2D eigenvalue weighted by molar-refractivity contribution is -0.123. The van der Waals surface area contributed by atoms with Crippen LogP contribution in [0.25, 0.3) is 0 Å². The molecule has 0 aliphatic heterocycles. The van der Waals surface area contributed by atoms with Crippen LogP contribution >= 0.6 is 0 Å². The maximum Gasteiger partial charge on any atom is 0.408 e. The molecule has 0 aromatic heterocycles. The van der Waals surface area contributed by atoms with Crippen molar-refractivity contribution >= 4 is 12.0 Å². The predicted molar refractivity (Wildman–Crippen MR) is 154 cm³/mol. The summed E-state index contributed by atoms with van der Waals surface area (Å²) >= 11 is 0. The standard InChI is InChI=1S/C31H46N2O6/c1-19(2)32-29(34)26(33-30(35)39-31(6,7)8)18-23-13-15-24(16-14-23)38-17-11-12-25-22(5)27(36-9)20(3)21(4)28(25)37-10/h13-16,19,26H,11-12,17-18H2,1-10H3,(H,32,34)(H,33,35). The fourth-order valence-electron chi connectivity index (χ4n) is 4.48. The van der Waals surface area contributed by atoms with Crippen molar-refractivity contribution < 1.29 is 28.5 Å². The van der Waals surface area contributed by atoms with Crippen LogP contribution in [0.15, 0.2) is 24.3 Å². The number of carbonyl (C=O) groups excluding carboxylic acids is 2. The van der Waals surface area contributed by atoms with Crippen molar-refractivity contribution in [2.45, 2.75) is 92.3 Å². The van der Waals surface area contributed by atoms with Crippen molar-refractivity contribution in [3.05, 3.63) is 52.1 Å². The second-order valence-corrected chi connectivity index (χ2v) is 11.1. The molecule has 8 heteroatoms. The first-order valence-electron chi connectivity index (χ1n) is 13.5. The maximum atomic E-state index is 12.7.